The zero-order chi connectivity index (χ0) is 55.8. The summed E-state index contributed by atoms with van der Waals surface area (Å²) < 4.78 is 11.3. The Hall–Kier alpha value is -3.15. The van der Waals surface area contributed by atoms with Gasteiger partial charge in [-0.3, -0.25) is 4.79 Å². The zero-order valence-electron chi connectivity index (χ0n) is 49.2. The fraction of sp³-hybridized carbons (Fsp3) is 0.721. The molecule has 9 nitrogen and oxygen atoms in total. The first kappa shape index (κ1) is 71.9. The topological polar surface area (TPSA) is 149 Å². The monoisotopic (exact) mass is 1080 g/mol. The van der Waals surface area contributed by atoms with Gasteiger partial charge in [0.2, 0.25) is 5.91 Å². The van der Waals surface area contributed by atoms with Crippen molar-refractivity contribution in [2.24, 2.45) is 0 Å². The smallest absolute Gasteiger partial charge is 0.220 e. The molecule has 0 bridgehead atoms. The van der Waals surface area contributed by atoms with Crippen LogP contribution in [0.15, 0.2) is 109 Å². The summed E-state index contributed by atoms with van der Waals surface area (Å²) in [5, 5.41) is 54.7. The number of hydrogen-bond donors (Lipinski definition) is 6. The third kappa shape index (κ3) is 45.3. The maximum atomic E-state index is 13.1. The predicted octanol–water partition coefficient (Wildman–Crippen LogP) is 16.5. The maximum Gasteiger partial charge on any atom is 0.220 e. The average Bonchev–Trinajstić information content (AvgIpc) is 3.43. The second kappa shape index (κ2) is 56.1. The van der Waals surface area contributed by atoms with E-state index in [9.17, 15) is 30.3 Å². The molecule has 9 heteroatoms. The van der Waals surface area contributed by atoms with Crippen molar-refractivity contribution in [3.8, 4) is 0 Å². The molecule has 0 aromatic heterocycles. The number of nitrogens with one attached hydrogen (secondary N) is 1. The molecular formula is C68H117NO8. The second-order valence-electron chi connectivity index (χ2n) is 21.5. The first-order valence-corrected chi connectivity index (χ1v) is 31.6. The van der Waals surface area contributed by atoms with Gasteiger partial charge in [0.15, 0.2) is 6.29 Å². The lowest BCUT2D eigenvalue weighted by Gasteiger charge is -2.40. The number of aliphatic hydroxyl groups excluding tert-OH is 5. The van der Waals surface area contributed by atoms with Crippen molar-refractivity contribution in [1.29, 1.82) is 0 Å². The Morgan fingerprint density at radius 3 is 1.19 bits per heavy atom. The minimum atomic E-state index is -1.56. The molecule has 1 rings (SSSR count). The molecule has 1 aliphatic rings. The van der Waals surface area contributed by atoms with E-state index >= 15 is 0 Å². The molecule has 1 aliphatic heterocycles. The Bertz CT molecular complexity index is 1580. The minimum absolute atomic E-state index is 0.145. The van der Waals surface area contributed by atoms with E-state index in [0.717, 1.165) is 103 Å². The zero-order valence-corrected chi connectivity index (χ0v) is 49.2. The normalized spacial score (nSPS) is 19.5. The quantitative estimate of drug-likeness (QED) is 0.0261. The summed E-state index contributed by atoms with van der Waals surface area (Å²) in [6, 6.07) is -0.730. The molecule has 0 spiro atoms. The molecule has 77 heavy (non-hydrogen) atoms. The lowest BCUT2D eigenvalue weighted by atomic mass is 9.99. The Balaban J connectivity index is 2.16. The van der Waals surface area contributed by atoms with Gasteiger partial charge in [-0.1, -0.05) is 277 Å². The number of carbonyl (C=O) groups excluding carboxylic acids is 1. The van der Waals surface area contributed by atoms with Crippen LogP contribution in [-0.4, -0.2) is 87.5 Å². The SMILES string of the molecule is CC/C=C\C/C=C\C/C=C\C/C=C\C/C=C\C/C=C\C/C=C\C/C=C\C/C=C\CCCCCCCCCCCC(=O)NC(COC1OC(CO)C(O)C(O)C1O)C(O)CCCCCCCCCCCCCCCCCCC. The lowest BCUT2D eigenvalue weighted by Crippen LogP contribution is -2.60. The number of amides is 1. The highest BCUT2D eigenvalue weighted by Gasteiger charge is 2.44. The fourth-order valence-electron chi connectivity index (χ4n) is 9.45. The molecular weight excluding hydrogens is 959 g/mol. The number of hydrogen-bond acceptors (Lipinski definition) is 8. The van der Waals surface area contributed by atoms with Crippen molar-refractivity contribution < 1.29 is 39.8 Å². The molecule has 0 aliphatic carbocycles. The van der Waals surface area contributed by atoms with Crippen LogP contribution >= 0.6 is 0 Å². The van der Waals surface area contributed by atoms with Gasteiger partial charge in [-0.15, -0.1) is 0 Å². The highest BCUT2D eigenvalue weighted by atomic mass is 16.7. The van der Waals surface area contributed by atoms with Crippen LogP contribution in [0.2, 0.25) is 0 Å². The van der Waals surface area contributed by atoms with E-state index in [-0.39, 0.29) is 12.5 Å². The number of aliphatic hydroxyl groups is 5. The van der Waals surface area contributed by atoms with Crippen LogP contribution in [0.4, 0.5) is 0 Å². The van der Waals surface area contributed by atoms with Crippen LogP contribution in [-0.2, 0) is 14.3 Å². The highest BCUT2D eigenvalue weighted by Crippen LogP contribution is 2.23. The molecule has 6 N–H and O–H groups in total. The van der Waals surface area contributed by atoms with Crippen LogP contribution in [0.1, 0.15) is 258 Å². The van der Waals surface area contributed by atoms with Gasteiger partial charge in [0, 0.05) is 6.42 Å². The third-order valence-electron chi connectivity index (χ3n) is 14.4. The van der Waals surface area contributed by atoms with Gasteiger partial charge >= 0.3 is 0 Å². The minimum Gasteiger partial charge on any atom is -0.394 e. The van der Waals surface area contributed by atoms with Crippen LogP contribution in [0.25, 0.3) is 0 Å². The van der Waals surface area contributed by atoms with Crippen LogP contribution in [0.3, 0.4) is 0 Å². The Morgan fingerprint density at radius 2 is 0.805 bits per heavy atom. The van der Waals surface area contributed by atoms with Crippen molar-refractivity contribution >= 4 is 5.91 Å². The Kier molecular flexibility index (Phi) is 52.4. The Labute approximate surface area is 472 Å². The van der Waals surface area contributed by atoms with Gasteiger partial charge in [0.25, 0.3) is 0 Å². The standard InChI is InChI=1S/C68H117NO8/c1-3-5-7-9-11-13-15-17-19-21-22-23-24-25-26-27-28-29-30-31-32-33-34-35-36-37-38-39-40-42-44-46-48-50-52-54-56-58-64(72)69-61(60-76-68-67(75)66(74)65(73)63(59-70)77-68)62(71)57-55-53-51-49-47-45-43-41-20-18-16-14-12-10-8-6-4-2/h5,7,11,13,17,19,22-23,25-26,28-29,31-32,34-35,37-38,61-63,65-68,70-71,73-75H,3-4,6,8-10,12,14-16,18,20-21,24,27,30,33,36,39-60H2,1-2H3,(H,69,72)/b7-5-,13-11-,19-17-,23-22-,26-25-,29-28-,32-31-,35-34-,38-37-. The van der Waals surface area contributed by atoms with Crippen molar-refractivity contribution in [2.45, 2.75) is 301 Å². The van der Waals surface area contributed by atoms with Crippen LogP contribution < -0.4 is 5.32 Å². The molecule has 0 radical (unpaired) electrons. The number of rotatable bonds is 53. The largest absolute Gasteiger partial charge is 0.394 e. The number of ether oxygens (including phenoxy) is 2. The Morgan fingerprint density at radius 1 is 0.455 bits per heavy atom. The molecule has 0 saturated carbocycles. The number of carbonyl (C=O) groups is 1. The highest BCUT2D eigenvalue weighted by molar-refractivity contribution is 5.76. The molecule has 1 fully saturated rings. The van der Waals surface area contributed by atoms with E-state index < -0.39 is 49.5 Å². The molecule has 442 valence electrons. The van der Waals surface area contributed by atoms with Crippen molar-refractivity contribution in [3.63, 3.8) is 0 Å². The summed E-state index contributed by atoms with van der Waals surface area (Å²) in [6.45, 7) is 3.73. The molecule has 0 aromatic carbocycles. The van der Waals surface area contributed by atoms with E-state index in [0.29, 0.717) is 12.8 Å². The third-order valence-corrected chi connectivity index (χ3v) is 14.4. The molecule has 1 saturated heterocycles. The van der Waals surface area contributed by atoms with Gasteiger partial charge in [-0.05, 0) is 83.5 Å². The van der Waals surface area contributed by atoms with E-state index in [1.807, 2.05) is 0 Å². The van der Waals surface area contributed by atoms with E-state index in [1.54, 1.807) is 0 Å². The summed E-state index contributed by atoms with van der Waals surface area (Å²) in [4.78, 5) is 13.1. The van der Waals surface area contributed by atoms with Gasteiger partial charge in [0.1, 0.15) is 24.4 Å². The summed E-state index contributed by atoms with van der Waals surface area (Å²) >= 11 is 0. The van der Waals surface area contributed by atoms with Crippen molar-refractivity contribution in [2.75, 3.05) is 13.2 Å². The average molecular weight is 1080 g/mol. The first-order valence-electron chi connectivity index (χ1n) is 31.6. The van der Waals surface area contributed by atoms with E-state index in [4.69, 9.17) is 9.47 Å². The molecule has 0 aromatic rings. The summed E-state index contributed by atoms with van der Waals surface area (Å²) in [7, 11) is 0. The van der Waals surface area contributed by atoms with Crippen LogP contribution in [0.5, 0.6) is 0 Å². The number of unbranched alkanes of at least 4 members (excludes halogenated alkanes) is 25. The first-order chi connectivity index (χ1) is 37.8. The maximum absolute atomic E-state index is 13.1. The molecule has 1 heterocycles. The fourth-order valence-corrected chi connectivity index (χ4v) is 9.45. The van der Waals surface area contributed by atoms with Gasteiger partial charge in [0.05, 0.1) is 25.4 Å². The summed E-state index contributed by atoms with van der Waals surface area (Å²) in [6.07, 6.45) is 75.5. The van der Waals surface area contributed by atoms with Crippen molar-refractivity contribution in [1.82, 2.24) is 5.32 Å². The molecule has 7 atom stereocenters. The second-order valence-corrected chi connectivity index (χ2v) is 21.5. The predicted molar refractivity (Wildman–Crippen MR) is 327 cm³/mol. The summed E-state index contributed by atoms with van der Waals surface area (Å²) in [5.41, 5.74) is 0. The molecule has 1 amide bonds. The molecule has 7 unspecified atom stereocenters. The van der Waals surface area contributed by atoms with E-state index in [1.165, 1.54) is 128 Å². The van der Waals surface area contributed by atoms with Crippen LogP contribution in [0, 0.1) is 0 Å². The van der Waals surface area contributed by atoms with Gasteiger partial charge in [-0.2, -0.15) is 0 Å². The van der Waals surface area contributed by atoms with Gasteiger partial charge in [-0.25, -0.2) is 0 Å². The van der Waals surface area contributed by atoms with Crippen molar-refractivity contribution in [3.05, 3.63) is 109 Å². The summed E-state index contributed by atoms with van der Waals surface area (Å²) in [5.74, 6) is -0.153. The van der Waals surface area contributed by atoms with E-state index in [2.05, 4.69) is 129 Å². The lowest BCUT2D eigenvalue weighted by molar-refractivity contribution is -0.302. The number of allylic oxidation sites excluding steroid dienone is 18. The van der Waals surface area contributed by atoms with Gasteiger partial charge < -0.3 is 40.3 Å².